The first-order valence-corrected chi connectivity index (χ1v) is 3.71. The first-order valence-electron chi connectivity index (χ1n) is 3.71. The van der Waals surface area contributed by atoms with E-state index in [-0.39, 0.29) is 0 Å². The molecule has 2 aromatic rings. The summed E-state index contributed by atoms with van der Waals surface area (Å²) < 4.78 is 0. The third kappa shape index (κ3) is 0.993. The summed E-state index contributed by atoms with van der Waals surface area (Å²) >= 11 is 0. The maximum absolute atomic E-state index is 4.08. The van der Waals surface area contributed by atoms with E-state index in [1.54, 1.807) is 0 Å². The SMILES string of the molecule is CNc1ncnc2[c]cccc12. The first kappa shape index (κ1) is 7.03. The van der Waals surface area contributed by atoms with Crippen molar-refractivity contribution < 1.29 is 0 Å². The standard InChI is InChI=1S/C9H8N3/c1-10-9-7-4-2-3-5-8(7)11-6-12-9/h2-4,6H,1H3,(H,10,11,12). The van der Waals surface area contributed by atoms with Gasteiger partial charge in [-0.05, 0) is 6.07 Å². The number of anilines is 1. The Kier molecular flexibility index (Phi) is 1.63. The third-order valence-corrected chi connectivity index (χ3v) is 1.70. The molecule has 0 amide bonds. The molecule has 1 aromatic heterocycles. The summed E-state index contributed by atoms with van der Waals surface area (Å²) in [6.07, 6.45) is 1.53. The zero-order valence-corrected chi connectivity index (χ0v) is 6.70. The number of nitrogens with zero attached hydrogens (tertiary/aromatic N) is 2. The highest BCUT2D eigenvalue weighted by atomic mass is 15.0. The summed E-state index contributed by atoms with van der Waals surface area (Å²) in [5.41, 5.74) is 0.844. The lowest BCUT2D eigenvalue weighted by atomic mass is 10.2. The molecule has 0 aliphatic heterocycles. The van der Waals surface area contributed by atoms with Gasteiger partial charge in [0.15, 0.2) is 0 Å². The van der Waals surface area contributed by atoms with Crippen LogP contribution in [0.25, 0.3) is 10.9 Å². The smallest absolute Gasteiger partial charge is 0.137 e. The van der Waals surface area contributed by atoms with E-state index in [1.807, 2.05) is 25.2 Å². The van der Waals surface area contributed by atoms with Crippen molar-refractivity contribution in [2.45, 2.75) is 0 Å². The number of aromatic nitrogens is 2. The second kappa shape index (κ2) is 2.77. The molecule has 0 spiro atoms. The van der Waals surface area contributed by atoms with Crippen LogP contribution in [-0.4, -0.2) is 17.0 Å². The molecule has 0 atom stereocenters. The average Bonchev–Trinajstić information content (AvgIpc) is 2.17. The summed E-state index contributed by atoms with van der Waals surface area (Å²) in [4.78, 5) is 8.17. The fourth-order valence-electron chi connectivity index (χ4n) is 1.14. The number of fused-ring (bicyclic) bond motifs is 1. The Labute approximate surface area is 70.5 Å². The van der Waals surface area contributed by atoms with Crippen molar-refractivity contribution in [2.75, 3.05) is 12.4 Å². The van der Waals surface area contributed by atoms with Crippen LogP contribution in [0.3, 0.4) is 0 Å². The van der Waals surface area contributed by atoms with Gasteiger partial charge >= 0.3 is 0 Å². The molecule has 0 bridgehead atoms. The van der Waals surface area contributed by atoms with Crippen molar-refractivity contribution in [1.29, 1.82) is 0 Å². The van der Waals surface area contributed by atoms with E-state index in [9.17, 15) is 0 Å². The third-order valence-electron chi connectivity index (χ3n) is 1.70. The van der Waals surface area contributed by atoms with Gasteiger partial charge in [-0.2, -0.15) is 0 Å². The molecule has 59 valence electrons. The molecule has 1 radical (unpaired) electrons. The van der Waals surface area contributed by atoms with Gasteiger partial charge < -0.3 is 5.32 Å². The van der Waals surface area contributed by atoms with E-state index in [1.165, 1.54) is 6.33 Å². The fourth-order valence-corrected chi connectivity index (χ4v) is 1.14. The number of hydrogen-bond donors (Lipinski definition) is 1. The summed E-state index contributed by atoms with van der Waals surface area (Å²) in [5.74, 6) is 0.844. The lowest BCUT2D eigenvalue weighted by molar-refractivity contribution is 1.21. The molecule has 0 unspecified atom stereocenters. The molecule has 3 nitrogen and oxygen atoms in total. The lowest BCUT2D eigenvalue weighted by Gasteiger charge is -2.01. The molecule has 1 N–H and O–H groups in total. The van der Waals surface area contributed by atoms with E-state index in [0.29, 0.717) is 0 Å². The normalized spacial score (nSPS) is 10.1. The number of para-hydroxylation sites is 1. The van der Waals surface area contributed by atoms with Gasteiger partial charge in [-0.1, -0.05) is 12.1 Å². The number of rotatable bonds is 1. The van der Waals surface area contributed by atoms with E-state index in [0.717, 1.165) is 16.7 Å². The van der Waals surface area contributed by atoms with Gasteiger partial charge in [0.25, 0.3) is 0 Å². The topological polar surface area (TPSA) is 37.8 Å². The highest BCUT2D eigenvalue weighted by Crippen LogP contribution is 2.16. The molecule has 0 saturated heterocycles. The van der Waals surface area contributed by atoms with Crippen LogP contribution in [0.2, 0.25) is 0 Å². The molecule has 0 saturated carbocycles. The Morgan fingerprint density at radius 1 is 1.42 bits per heavy atom. The maximum atomic E-state index is 4.08. The minimum atomic E-state index is 0.844. The van der Waals surface area contributed by atoms with Gasteiger partial charge in [0, 0.05) is 18.5 Å². The Morgan fingerprint density at radius 3 is 3.17 bits per heavy atom. The van der Waals surface area contributed by atoms with Gasteiger partial charge in [-0.15, -0.1) is 0 Å². The highest BCUT2D eigenvalue weighted by molar-refractivity contribution is 5.88. The van der Waals surface area contributed by atoms with E-state index in [2.05, 4.69) is 21.4 Å². The van der Waals surface area contributed by atoms with Crippen LogP contribution in [-0.2, 0) is 0 Å². The predicted octanol–water partition coefficient (Wildman–Crippen LogP) is 1.47. The molecule has 1 heterocycles. The highest BCUT2D eigenvalue weighted by Gasteiger charge is 1.98. The molecule has 12 heavy (non-hydrogen) atoms. The molecular formula is C9H8N3. The molecule has 2 rings (SSSR count). The maximum Gasteiger partial charge on any atom is 0.137 e. The predicted molar refractivity (Wildman–Crippen MR) is 47.9 cm³/mol. The van der Waals surface area contributed by atoms with Crippen molar-refractivity contribution in [1.82, 2.24) is 9.97 Å². The van der Waals surface area contributed by atoms with Gasteiger partial charge in [-0.3, -0.25) is 0 Å². The Hall–Kier alpha value is -1.64. The summed E-state index contributed by atoms with van der Waals surface area (Å²) in [7, 11) is 1.84. The van der Waals surface area contributed by atoms with Crippen LogP contribution in [0, 0.1) is 6.07 Å². The fraction of sp³-hybridized carbons (Fsp3) is 0.111. The second-order valence-corrected chi connectivity index (χ2v) is 2.40. The first-order chi connectivity index (χ1) is 5.92. The summed E-state index contributed by atoms with van der Waals surface area (Å²) in [5, 5.41) is 4.00. The van der Waals surface area contributed by atoms with Crippen LogP contribution in [0.15, 0.2) is 24.5 Å². The number of nitrogens with one attached hydrogen (secondary N) is 1. The monoisotopic (exact) mass is 158 g/mol. The lowest BCUT2D eigenvalue weighted by Crippen LogP contribution is -1.94. The van der Waals surface area contributed by atoms with Crippen LogP contribution in [0.5, 0.6) is 0 Å². The quantitative estimate of drug-likeness (QED) is 0.683. The van der Waals surface area contributed by atoms with Crippen LogP contribution >= 0.6 is 0 Å². The number of benzene rings is 1. The average molecular weight is 158 g/mol. The Bertz CT molecular complexity index is 392. The van der Waals surface area contributed by atoms with Crippen molar-refractivity contribution in [3.05, 3.63) is 30.6 Å². The van der Waals surface area contributed by atoms with Crippen molar-refractivity contribution in [3.8, 4) is 0 Å². The van der Waals surface area contributed by atoms with Crippen LogP contribution in [0.4, 0.5) is 5.82 Å². The molecule has 0 aliphatic rings. The van der Waals surface area contributed by atoms with Crippen LogP contribution < -0.4 is 5.32 Å². The van der Waals surface area contributed by atoms with Gasteiger partial charge in [0.2, 0.25) is 0 Å². The van der Waals surface area contributed by atoms with Crippen molar-refractivity contribution >= 4 is 16.7 Å². The second-order valence-electron chi connectivity index (χ2n) is 2.40. The van der Waals surface area contributed by atoms with E-state index in [4.69, 9.17) is 0 Å². The minimum Gasteiger partial charge on any atom is -0.373 e. The van der Waals surface area contributed by atoms with Crippen LogP contribution in [0.1, 0.15) is 0 Å². The van der Waals surface area contributed by atoms with E-state index >= 15 is 0 Å². The minimum absolute atomic E-state index is 0.844. The molecule has 0 aliphatic carbocycles. The Morgan fingerprint density at radius 2 is 2.33 bits per heavy atom. The van der Waals surface area contributed by atoms with Crippen molar-refractivity contribution in [3.63, 3.8) is 0 Å². The van der Waals surface area contributed by atoms with Gasteiger partial charge in [-0.25, -0.2) is 9.97 Å². The van der Waals surface area contributed by atoms with Crippen molar-refractivity contribution in [2.24, 2.45) is 0 Å². The van der Waals surface area contributed by atoms with E-state index < -0.39 is 0 Å². The number of hydrogen-bond acceptors (Lipinski definition) is 3. The molecule has 0 fully saturated rings. The molecule has 1 aromatic carbocycles. The summed E-state index contributed by atoms with van der Waals surface area (Å²) in [6.45, 7) is 0. The zero-order valence-electron chi connectivity index (χ0n) is 6.70. The largest absolute Gasteiger partial charge is 0.373 e. The zero-order chi connectivity index (χ0) is 8.39. The van der Waals surface area contributed by atoms with Gasteiger partial charge in [0.1, 0.15) is 12.1 Å². The van der Waals surface area contributed by atoms with Gasteiger partial charge in [0.05, 0.1) is 5.52 Å². The molecular weight excluding hydrogens is 150 g/mol. The summed E-state index contributed by atoms with van der Waals surface area (Å²) in [6, 6.07) is 8.77. The Balaban J connectivity index is 2.79. The molecule has 3 heteroatoms.